The van der Waals surface area contributed by atoms with Gasteiger partial charge < -0.3 is 5.73 Å². The molecule has 2 aliphatic carbocycles. The summed E-state index contributed by atoms with van der Waals surface area (Å²) >= 11 is 1.77. The summed E-state index contributed by atoms with van der Waals surface area (Å²) in [6.45, 7) is 0. The first-order valence-corrected chi connectivity index (χ1v) is 8.83. The molecule has 19 heavy (non-hydrogen) atoms. The van der Waals surface area contributed by atoms with E-state index in [0.717, 1.165) is 18.3 Å². The Balaban J connectivity index is 1.75. The van der Waals surface area contributed by atoms with Gasteiger partial charge in [0, 0.05) is 23.5 Å². The Morgan fingerprint density at radius 1 is 1.16 bits per heavy atom. The van der Waals surface area contributed by atoms with Crippen LogP contribution in [-0.4, -0.2) is 10.5 Å². The van der Waals surface area contributed by atoms with E-state index in [1.165, 1.54) is 62.8 Å². The molecule has 0 aliphatic heterocycles. The second-order valence-corrected chi connectivity index (χ2v) is 7.57. The fourth-order valence-corrected chi connectivity index (χ4v) is 5.13. The topological polar surface area (TPSA) is 38.9 Å². The van der Waals surface area contributed by atoms with Crippen LogP contribution in [0.3, 0.4) is 0 Å². The summed E-state index contributed by atoms with van der Waals surface area (Å²) < 4.78 is 0. The van der Waals surface area contributed by atoms with Crippen LogP contribution in [0.2, 0.25) is 0 Å². The van der Waals surface area contributed by atoms with Crippen LogP contribution < -0.4 is 5.73 Å². The molecule has 2 N–H and O–H groups in total. The minimum absolute atomic E-state index is 0.0259. The van der Waals surface area contributed by atoms with E-state index in [4.69, 9.17) is 5.73 Å². The number of nitrogens with zero attached hydrogens (tertiary/aromatic N) is 1. The maximum atomic E-state index is 6.89. The molecular weight excluding hydrogens is 252 g/mol. The zero-order valence-corrected chi connectivity index (χ0v) is 12.6. The van der Waals surface area contributed by atoms with Crippen molar-refractivity contribution in [1.29, 1.82) is 0 Å². The number of thiazole rings is 1. The normalized spacial score (nSPS) is 33.4. The van der Waals surface area contributed by atoms with Crippen LogP contribution in [0.4, 0.5) is 0 Å². The first-order chi connectivity index (χ1) is 9.28. The minimum Gasteiger partial charge on any atom is -0.324 e. The molecular formula is C16H26N2S. The van der Waals surface area contributed by atoms with E-state index in [0.29, 0.717) is 0 Å². The highest BCUT2D eigenvalue weighted by Gasteiger charge is 2.42. The molecule has 0 spiro atoms. The maximum Gasteiger partial charge on any atom is 0.0943 e. The fraction of sp³-hybridized carbons (Fsp3) is 0.812. The van der Waals surface area contributed by atoms with Crippen molar-refractivity contribution in [1.82, 2.24) is 4.98 Å². The summed E-state index contributed by atoms with van der Waals surface area (Å²) in [5.41, 5.74) is 6.92. The van der Waals surface area contributed by atoms with Crippen molar-refractivity contribution in [2.75, 3.05) is 0 Å². The van der Waals surface area contributed by atoms with Gasteiger partial charge in [0.25, 0.3) is 0 Å². The second-order valence-electron chi connectivity index (χ2n) is 6.59. The van der Waals surface area contributed by atoms with Crippen LogP contribution in [0.5, 0.6) is 0 Å². The van der Waals surface area contributed by atoms with E-state index in [9.17, 15) is 0 Å². The number of hydrogen-bond acceptors (Lipinski definition) is 3. The quantitative estimate of drug-likeness (QED) is 0.902. The van der Waals surface area contributed by atoms with Gasteiger partial charge >= 0.3 is 0 Å². The van der Waals surface area contributed by atoms with Gasteiger partial charge in [0.05, 0.1) is 5.01 Å². The molecule has 1 heterocycles. The fourth-order valence-electron chi connectivity index (χ4n) is 4.37. The molecule has 1 aromatic heterocycles. The Kier molecular flexibility index (Phi) is 4.23. The van der Waals surface area contributed by atoms with Gasteiger partial charge in [-0.25, -0.2) is 4.98 Å². The molecule has 2 fully saturated rings. The smallest absolute Gasteiger partial charge is 0.0943 e. The van der Waals surface area contributed by atoms with Gasteiger partial charge in [-0.05, 0) is 24.7 Å². The molecule has 106 valence electrons. The zero-order valence-electron chi connectivity index (χ0n) is 11.8. The lowest BCUT2D eigenvalue weighted by molar-refractivity contribution is 0.0995. The van der Waals surface area contributed by atoms with Crippen molar-refractivity contribution >= 4 is 11.3 Å². The van der Waals surface area contributed by atoms with E-state index in [2.05, 4.69) is 10.4 Å². The highest BCUT2D eigenvalue weighted by molar-refractivity contribution is 7.09. The third kappa shape index (κ3) is 3.03. The van der Waals surface area contributed by atoms with Crippen molar-refractivity contribution < 1.29 is 0 Å². The van der Waals surface area contributed by atoms with Crippen molar-refractivity contribution in [3.63, 3.8) is 0 Å². The molecule has 0 aromatic carbocycles. The Bertz CT molecular complexity index is 383. The number of hydrogen-bond donors (Lipinski definition) is 1. The van der Waals surface area contributed by atoms with Gasteiger partial charge in [0.2, 0.25) is 0 Å². The molecule has 0 radical (unpaired) electrons. The Morgan fingerprint density at radius 3 is 2.68 bits per heavy atom. The largest absolute Gasteiger partial charge is 0.324 e. The average molecular weight is 278 g/mol. The van der Waals surface area contributed by atoms with Crippen LogP contribution in [0.25, 0.3) is 0 Å². The van der Waals surface area contributed by atoms with Gasteiger partial charge in [-0.2, -0.15) is 0 Å². The molecule has 3 heteroatoms. The average Bonchev–Trinajstić information content (AvgIpc) is 2.92. The summed E-state index contributed by atoms with van der Waals surface area (Å²) in [4.78, 5) is 4.47. The molecule has 0 amide bonds. The summed E-state index contributed by atoms with van der Waals surface area (Å²) in [6, 6.07) is 0. The predicted molar refractivity (Wildman–Crippen MR) is 81.3 cm³/mol. The SMILES string of the molecule is NC1(Cc2nccs2)CCCCC1C1CCCCC1. The highest BCUT2D eigenvalue weighted by Crippen LogP contribution is 2.44. The monoisotopic (exact) mass is 278 g/mol. The summed E-state index contributed by atoms with van der Waals surface area (Å²) in [6.07, 6.45) is 15.3. The minimum atomic E-state index is 0.0259. The van der Waals surface area contributed by atoms with Crippen LogP contribution in [-0.2, 0) is 6.42 Å². The van der Waals surface area contributed by atoms with Crippen LogP contribution in [0.1, 0.15) is 62.8 Å². The second kappa shape index (κ2) is 5.92. The molecule has 0 bridgehead atoms. The van der Waals surface area contributed by atoms with Gasteiger partial charge in [-0.1, -0.05) is 44.9 Å². The Hall–Kier alpha value is -0.410. The first-order valence-electron chi connectivity index (χ1n) is 7.95. The molecule has 2 aliphatic rings. The molecule has 3 rings (SSSR count). The molecule has 2 nitrogen and oxygen atoms in total. The van der Waals surface area contributed by atoms with E-state index >= 15 is 0 Å². The first kappa shape index (κ1) is 13.6. The van der Waals surface area contributed by atoms with Crippen molar-refractivity contribution in [3.8, 4) is 0 Å². The van der Waals surface area contributed by atoms with Gasteiger partial charge in [-0.3, -0.25) is 0 Å². The van der Waals surface area contributed by atoms with E-state index in [1.54, 1.807) is 11.3 Å². The van der Waals surface area contributed by atoms with E-state index < -0.39 is 0 Å². The maximum absolute atomic E-state index is 6.89. The van der Waals surface area contributed by atoms with Gasteiger partial charge in [0.1, 0.15) is 0 Å². The van der Waals surface area contributed by atoms with Crippen molar-refractivity contribution in [3.05, 3.63) is 16.6 Å². The van der Waals surface area contributed by atoms with Crippen molar-refractivity contribution in [2.24, 2.45) is 17.6 Å². The van der Waals surface area contributed by atoms with E-state index in [1.807, 2.05) is 6.20 Å². The van der Waals surface area contributed by atoms with Crippen molar-refractivity contribution in [2.45, 2.75) is 69.7 Å². The highest BCUT2D eigenvalue weighted by atomic mass is 32.1. The molecule has 2 atom stereocenters. The predicted octanol–water partition coefficient (Wildman–Crippen LogP) is 4.15. The standard InChI is InChI=1S/C16H26N2S/c17-16(12-15-18-10-11-19-15)9-5-4-8-14(16)13-6-2-1-3-7-13/h10-11,13-14H,1-9,12,17H2. The molecule has 1 aromatic rings. The lowest BCUT2D eigenvalue weighted by Crippen LogP contribution is -2.53. The summed E-state index contributed by atoms with van der Waals surface area (Å²) in [7, 11) is 0. The summed E-state index contributed by atoms with van der Waals surface area (Å²) in [5, 5.41) is 3.32. The third-order valence-electron chi connectivity index (χ3n) is 5.33. The lowest BCUT2D eigenvalue weighted by Gasteiger charge is -2.46. The van der Waals surface area contributed by atoms with Crippen LogP contribution in [0.15, 0.2) is 11.6 Å². The van der Waals surface area contributed by atoms with Crippen LogP contribution in [0, 0.1) is 11.8 Å². The Morgan fingerprint density at radius 2 is 1.95 bits per heavy atom. The van der Waals surface area contributed by atoms with Gasteiger partial charge in [-0.15, -0.1) is 11.3 Å². The Labute approximate surface area is 120 Å². The zero-order chi connectivity index (χ0) is 13.1. The number of aromatic nitrogens is 1. The van der Waals surface area contributed by atoms with Gasteiger partial charge in [0.15, 0.2) is 0 Å². The summed E-state index contributed by atoms with van der Waals surface area (Å²) in [5.74, 6) is 1.63. The molecule has 2 saturated carbocycles. The molecule has 2 unspecified atom stereocenters. The third-order valence-corrected chi connectivity index (χ3v) is 6.11. The number of nitrogens with two attached hydrogens (primary N) is 1. The van der Waals surface area contributed by atoms with Crippen LogP contribution >= 0.6 is 11.3 Å². The van der Waals surface area contributed by atoms with E-state index in [-0.39, 0.29) is 5.54 Å². The number of rotatable bonds is 3. The lowest BCUT2D eigenvalue weighted by atomic mass is 9.63. The molecule has 0 saturated heterocycles.